The van der Waals surface area contributed by atoms with Crippen LogP contribution in [0.25, 0.3) is 32.7 Å². The summed E-state index contributed by atoms with van der Waals surface area (Å²) < 4.78 is 0. The van der Waals surface area contributed by atoms with E-state index in [1.807, 2.05) is 42.5 Å². The van der Waals surface area contributed by atoms with E-state index in [1.165, 1.54) is 16.5 Å². The van der Waals surface area contributed by atoms with Crippen LogP contribution < -0.4 is 0 Å². The summed E-state index contributed by atoms with van der Waals surface area (Å²) in [5.74, 6) is 0.346. The van der Waals surface area contributed by atoms with Gasteiger partial charge in [0.1, 0.15) is 5.75 Å². The smallest absolute Gasteiger partial charge is 0.123 e. The highest BCUT2D eigenvalue weighted by Gasteiger charge is 2.00. The van der Waals surface area contributed by atoms with Crippen LogP contribution >= 0.6 is 0 Å². The maximum Gasteiger partial charge on any atom is 0.123 e. The van der Waals surface area contributed by atoms with E-state index in [9.17, 15) is 5.11 Å². The molecule has 5 aromatic rings. The van der Waals surface area contributed by atoms with E-state index >= 15 is 0 Å². The molecule has 0 aromatic heterocycles. The first-order valence-corrected chi connectivity index (χ1v) is 9.02. The Bertz CT molecular complexity index is 1120. The molecule has 0 spiro atoms. The Morgan fingerprint density at radius 1 is 0.407 bits per heavy atom. The molecule has 0 fully saturated rings. The first-order valence-electron chi connectivity index (χ1n) is 9.02. The van der Waals surface area contributed by atoms with Crippen LogP contribution in [0.1, 0.15) is 0 Å². The molecule has 0 aliphatic heterocycles. The Kier molecular flexibility index (Phi) is 4.84. The van der Waals surface area contributed by atoms with Crippen molar-refractivity contribution in [3.05, 3.63) is 115 Å². The molecule has 0 aliphatic carbocycles. The Balaban J connectivity index is 0.000000137. The molecule has 0 heterocycles. The molecule has 0 bridgehead atoms. The van der Waals surface area contributed by atoms with Gasteiger partial charge in [0.2, 0.25) is 0 Å². The van der Waals surface area contributed by atoms with Gasteiger partial charge in [0.05, 0.1) is 0 Å². The predicted octanol–water partition coefficient (Wildman–Crippen LogP) is 7.05. The molecule has 0 amide bonds. The SMILES string of the molecule is Oc1cccc2cc3ccccc3cc12.c1ccc(-c2ccccc2)cc1. The number of benzene rings is 5. The second-order valence-corrected chi connectivity index (χ2v) is 6.43. The van der Waals surface area contributed by atoms with Crippen molar-refractivity contribution in [1.82, 2.24) is 0 Å². The average Bonchev–Trinajstić information content (AvgIpc) is 2.75. The van der Waals surface area contributed by atoms with Gasteiger partial charge in [0.15, 0.2) is 0 Å². The van der Waals surface area contributed by atoms with Gasteiger partial charge in [-0.3, -0.25) is 0 Å². The molecule has 27 heavy (non-hydrogen) atoms. The van der Waals surface area contributed by atoms with Crippen molar-refractivity contribution >= 4 is 21.5 Å². The van der Waals surface area contributed by atoms with Crippen molar-refractivity contribution in [3.63, 3.8) is 0 Å². The highest BCUT2D eigenvalue weighted by Crippen LogP contribution is 2.28. The second-order valence-electron chi connectivity index (χ2n) is 6.43. The summed E-state index contributed by atoms with van der Waals surface area (Å²) in [6.45, 7) is 0. The second kappa shape index (κ2) is 7.76. The zero-order chi connectivity index (χ0) is 18.5. The summed E-state index contributed by atoms with van der Waals surface area (Å²) >= 11 is 0. The van der Waals surface area contributed by atoms with E-state index in [0.29, 0.717) is 5.75 Å². The molecule has 1 N–H and O–H groups in total. The molecule has 0 aliphatic rings. The van der Waals surface area contributed by atoms with E-state index in [1.54, 1.807) is 6.07 Å². The summed E-state index contributed by atoms with van der Waals surface area (Å²) in [4.78, 5) is 0. The Hall–Kier alpha value is -3.58. The number of fused-ring (bicyclic) bond motifs is 2. The summed E-state index contributed by atoms with van der Waals surface area (Å²) in [6, 6.07) is 38.7. The minimum Gasteiger partial charge on any atom is -0.507 e. The van der Waals surface area contributed by atoms with Crippen LogP contribution in [0.3, 0.4) is 0 Å². The maximum atomic E-state index is 9.73. The first-order chi connectivity index (χ1) is 13.3. The van der Waals surface area contributed by atoms with Gasteiger partial charge in [0.25, 0.3) is 0 Å². The monoisotopic (exact) mass is 348 g/mol. The van der Waals surface area contributed by atoms with Gasteiger partial charge in [-0.25, -0.2) is 0 Å². The Morgan fingerprint density at radius 3 is 1.48 bits per heavy atom. The molecule has 1 nitrogen and oxygen atoms in total. The fourth-order valence-corrected chi connectivity index (χ4v) is 3.21. The van der Waals surface area contributed by atoms with Crippen LogP contribution in [0.4, 0.5) is 0 Å². The Labute approximate surface area is 159 Å². The lowest BCUT2D eigenvalue weighted by Gasteiger charge is -2.03. The van der Waals surface area contributed by atoms with Crippen molar-refractivity contribution < 1.29 is 5.11 Å². The molecule has 1 heteroatoms. The van der Waals surface area contributed by atoms with Crippen LogP contribution in [0.15, 0.2) is 115 Å². The molecule has 0 radical (unpaired) electrons. The number of phenols is 1. The van der Waals surface area contributed by atoms with Crippen molar-refractivity contribution in [1.29, 1.82) is 0 Å². The molecule has 0 atom stereocenters. The van der Waals surface area contributed by atoms with Gasteiger partial charge in [-0.05, 0) is 45.5 Å². The minimum atomic E-state index is 0.346. The van der Waals surface area contributed by atoms with Gasteiger partial charge in [-0.2, -0.15) is 0 Å². The number of hydrogen-bond acceptors (Lipinski definition) is 1. The van der Waals surface area contributed by atoms with Gasteiger partial charge in [-0.1, -0.05) is 97.1 Å². The van der Waals surface area contributed by atoms with Crippen LogP contribution in [0.5, 0.6) is 5.75 Å². The van der Waals surface area contributed by atoms with Gasteiger partial charge >= 0.3 is 0 Å². The van der Waals surface area contributed by atoms with Crippen molar-refractivity contribution in [2.45, 2.75) is 0 Å². The summed E-state index contributed by atoms with van der Waals surface area (Å²) in [5.41, 5.74) is 2.55. The maximum absolute atomic E-state index is 9.73. The lowest BCUT2D eigenvalue weighted by molar-refractivity contribution is 0.481. The molecule has 0 saturated carbocycles. The van der Waals surface area contributed by atoms with E-state index in [2.05, 4.69) is 66.7 Å². The Morgan fingerprint density at radius 2 is 0.889 bits per heavy atom. The van der Waals surface area contributed by atoms with E-state index < -0.39 is 0 Å². The number of rotatable bonds is 1. The first kappa shape index (κ1) is 16.9. The fourth-order valence-electron chi connectivity index (χ4n) is 3.21. The van der Waals surface area contributed by atoms with Crippen molar-refractivity contribution in [3.8, 4) is 16.9 Å². The van der Waals surface area contributed by atoms with E-state index in [4.69, 9.17) is 0 Å². The molecule has 5 rings (SSSR count). The zero-order valence-electron chi connectivity index (χ0n) is 14.9. The molecule has 130 valence electrons. The predicted molar refractivity (Wildman–Crippen MR) is 115 cm³/mol. The van der Waals surface area contributed by atoms with Crippen LogP contribution in [0.2, 0.25) is 0 Å². The number of hydrogen-bond donors (Lipinski definition) is 1. The van der Waals surface area contributed by atoms with Crippen LogP contribution in [-0.4, -0.2) is 5.11 Å². The molecule has 0 saturated heterocycles. The minimum absolute atomic E-state index is 0.346. The topological polar surface area (TPSA) is 20.2 Å². The number of phenolic OH excluding ortho intramolecular Hbond substituents is 1. The largest absolute Gasteiger partial charge is 0.507 e. The summed E-state index contributed by atoms with van der Waals surface area (Å²) in [6.07, 6.45) is 0. The van der Waals surface area contributed by atoms with Crippen molar-refractivity contribution in [2.75, 3.05) is 0 Å². The van der Waals surface area contributed by atoms with Crippen LogP contribution in [-0.2, 0) is 0 Å². The van der Waals surface area contributed by atoms with E-state index in [0.717, 1.165) is 16.2 Å². The molecule has 5 aromatic carbocycles. The van der Waals surface area contributed by atoms with Gasteiger partial charge in [-0.15, -0.1) is 0 Å². The van der Waals surface area contributed by atoms with Crippen molar-refractivity contribution in [2.24, 2.45) is 0 Å². The lowest BCUT2D eigenvalue weighted by Crippen LogP contribution is -1.76. The summed E-state index contributed by atoms with van der Waals surface area (Å²) in [5, 5.41) is 14.1. The fraction of sp³-hybridized carbons (Fsp3) is 0. The zero-order valence-corrected chi connectivity index (χ0v) is 14.9. The highest BCUT2D eigenvalue weighted by molar-refractivity contribution is 6.00. The number of aromatic hydroxyl groups is 1. The third-order valence-corrected chi connectivity index (χ3v) is 4.60. The van der Waals surface area contributed by atoms with Gasteiger partial charge < -0.3 is 5.11 Å². The quantitative estimate of drug-likeness (QED) is 0.322. The average molecular weight is 348 g/mol. The molecule has 0 unspecified atom stereocenters. The molecular weight excluding hydrogens is 328 g/mol. The van der Waals surface area contributed by atoms with Gasteiger partial charge in [0, 0.05) is 5.39 Å². The third kappa shape index (κ3) is 3.83. The lowest BCUT2D eigenvalue weighted by atomic mass is 10.0. The van der Waals surface area contributed by atoms with E-state index in [-0.39, 0.29) is 0 Å². The van der Waals surface area contributed by atoms with Crippen LogP contribution in [0, 0.1) is 0 Å². The highest BCUT2D eigenvalue weighted by atomic mass is 16.3. The normalized spacial score (nSPS) is 10.4. The summed E-state index contributed by atoms with van der Waals surface area (Å²) in [7, 11) is 0. The standard InChI is InChI=1S/C14H10O.C12H10/c15-14-7-3-6-12-8-10-4-1-2-5-11(10)9-13(12)14;1-3-7-11(8-4-1)12-9-5-2-6-10-12/h1-9,15H;1-10H. The third-order valence-electron chi connectivity index (χ3n) is 4.60. The molecular formula is C26H20O.